The Morgan fingerprint density at radius 1 is 1.06 bits per heavy atom. The lowest BCUT2D eigenvalue weighted by atomic mass is 10.1. The highest BCUT2D eigenvalue weighted by Gasteiger charge is 2.15. The van der Waals surface area contributed by atoms with Gasteiger partial charge in [-0.1, -0.05) is 70.9 Å². The summed E-state index contributed by atoms with van der Waals surface area (Å²) in [5, 5.41) is 0.683. The summed E-state index contributed by atoms with van der Waals surface area (Å²) >= 11 is 6.60. The van der Waals surface area contributed by atoms with Gasteiger partial charge < -0.3 is 0 Å². The van der Waals surface area contributed by atoms with Crippen molar-refractivity contribution >= 4 is 41.7 Å². The third-order valence-corrected chi connectivity index (χ3v) is 6.96. The standard InChI is InChI=1S/C11H22Br2O2S/c1-2-3-4-5-6-7-8-16(14,15)10-11(13)9-12/h11H,2-10H2,1H3/t11-/m0/s1. The summed E-state index contributed by atoms with van der Waals surface area (Å²) in [6.45, 7) is 2.18. The molecule has 0 aromatic heterocycles. The number of sulfone groups is 1. The summed E-state index contributed by atoms with van der Waals surface area (Å²) < 4.78 is 23.3. The van der Waals surface area contributed by atoms with Crippen LogP contribution in [0, 0.1) is 0 Å². The van der Waals surface area contributed by atoms with Gasteiger partial charge >= 0.3 is 0 Å². The Bertz CT molecular complexity index is 253. The molecule has 98 valence electrons. The van der Waals surface area contributed by atoms with Gasteiger partial charge in [0.2, 0.25) is 0 Å². The van der Waals surface area contributed by atoms with Gasteiger partial charge in [-0.05, 0) is 6.42 Å². The van der Waals surface area contributed by atoms with Crippen LogP contribution in [0.15, 0.2) is 0 Å². The van der Waals surface area contributed by atoms with E-state index in [-0.39, 0.29) is 10.6 Å². The van der Waals surface area contributed by atoms with Gasteiger partial charge in [-0.3, -0.25) is 0 Å². The molecule has 0 unspecified atom stereocenters. The number of unbranched alkanes of at least 4 members (excludes halogenated alkanes) is 5. The Labute approximate surface area is 117 Å². The highest BCUT2D eigenvalue weighted by Crippen LogP contribution is 2.11. The van der Waals surface area contributed by atoms with Gasteiger partial charge in [-0.15, -0.1) is 0 Å². The van der Waals surface area contributed by atoms with E-state index in [1.807, 2.05) is 0 Å². The molecule has 2 nitrogen and oxygen atoms in total. The van der Waals surface area contributed by atoms with E-state index in [1.54, 1.807) is 0 Å². The van der Waals surface area contributed by atoms with Crippen molar-refractivity contribution in [2.45, 2.75) is 50.3 Å². The van der Waals surface area contributed by atoms with E-state index in [2.05, 4.69) is 38.8 Å². The number of rotatable bonds is 10. The lowest BCUT2D eigenvalue weighted by Crippen LogP contribution is -2.19. The molecule has 16 heavy (non-hydrogen) atoms. The van der Waals surface area contributed by atoms with Gasteiger partial charge in [0.15, 0.2) is 9.84 Å². The number of hydrogen-bond acceptors (Lipinski definition) is 2. The number of alkyl halides is 2. The van der Waals surface area contributed by atoms with Crippen LogP contribution < -0.4 is 0 Å². The molecule has 0 aliphatic heterocycles. The lowest BCUT2D eigenvalue weighted by molar-refractivity contribution is 0.583. The van der Waals surface area contributed by atoms with Crippen molar-refractivity contribution in [3.63, 3.8) is 0 Å². The van der Waals surface area contributed by atoms with E-state index < -0.39 is 9.84 Å². The highest BCUT2D eigenvalue weighted by molar-refractivity contribution is 9.12. The van der Waals surface area contributed by atoms with Crippen molar-refractivity contribution in [3.05, 3.63) is 0 Å². The van der Waals surface area contributed by atoms with E-state index >= 15 is 0 Å². The summed E-state index contributed by atoms with van der Waals surface area (Å²) in [6.07, 6.45) is 6.75. The fourth-order valence-electron chi connectivity index (χ4n) is 1.51. The summed E-state index contributed by atoms with van der Waals surface area (Å²) in [5.41, 5.74) is 0. The second-order valence-electron chi connectivity index (χ2n) is 4.13. The maximum atomic E-state index is 11.6. The molecule has 0 radical (unpaired) electrons. The normalized spacial score (nSPS) is 13.9. The van der Waals surface area contributed by atoms with Gasteiger partial charge in [0.1, 0.15) is 0 Å². The molecule has 0 aromatic rings. The monoisotopic (exact) mass is 376 g/mol. The summed E-state index contributed by atoms with van der Waals surface area (Å²) in [6, 6.07) is 0. The Morgan fingerprint density at radius 3 is 2.19 bits per heavy atom. The molecule has 0 bridgehead atoms. The van der Waals surface area contributed by atoms with Gasteiger partial charge in [0.05, 0.1) is 11.5 Å². The second kappa shape index (κ2) is 9.89. The minimum atomic E-state index is -2.86. The average Bonchev–Trinajstić information content (AvgIpc) is 2.22. The molecule has 0 heterocycles. The van der Waals surface area contributed by atoms with E-state index in [0.717, 1.165) is 12.8 Å². The van der Waals surface area contributed by atoms with Crippen LogP contribution in [0.3, 0.4) is 0 Å². The number of hydrogen-bond donors (Lipinski definition) is 0. The predicted octanol–water partition coefficient (Wildman–Crippen LogP) is 3.92. The van der Waals surface area contributed by atoms with E-state index in [9.17, 15) is 8.42 Å². The Kier molecular flexibility index (Phi) is 10.5. The zero-order valence-electron chi connectivity index (χ0n) is 9.92. The van der Waals surface area contributed by atoms with Crippen LogP contribution in [0.25, 0.3) is 0 Å². The van der Waals surface area contributed by atoms with Crippen LogP contribution in [0.1, 0.15) is 45.4 Å². The van der Waals surface area contributed by atoms with E-state index in [0.29, 0.717) is 11.1 Å². The van der Waals surface area contributed by atoms with Gasteiger partial charge in [0.25, 0.3) is 0 Å². The molecule has 0 aliphatic carbocycles. The fraction of sp³-hybridized carbons (Fsp3) is 1.00. The van der Waals surface area contributed by atoms with Crippen molar-refractivity contribution in [2.24, 2.45) is 0 Å². The lowest BCUT2D eigenvalue weighted by Gasteiger charge is -2.07. The number of halogens is 2. The Hall–Kier alpha value is 0.910. The van der Waals surface area contributed by atoms with Crippen molar-refractivity contribution in [3.8, 4) is 0 Å². The summed E-state index contributed by atoms with van der Waals surface area (Å²) in [7, 11) is -2.86. The largest absolute Gasteiger partial charge is 0.229 e. The summed E-state index contributed by atoms with van der Waals surface area (Å²) in [4.78, 5) is 0.0394. The second-order valence-corrected chi connectivity index (χ2v) is 8.30. The zero-order chi connectivity index (χ0) is 12.4. The molecule has 0 fully saturated rings. The third-order valence-electron chi connectivity index (χ3n) is 2.41. The molecule has 1 atom stereocenters. The van der Waals surface area contributed by atoms with Crippen LogP contribution >= 0.6 is 31.9 Å². The fourth-order valence-corrected chi connectivity index (χ4v) is 4.73. The molecular formula is C11H22Br2O2S. The first kappa shape index (κ1) is 16.9. The molecule has 0 aromatic carbocycles. The SMILES string of the molecule is CCCCCCCCS(=O)(=O)C[C@@H](Br)CBr. The smallest absolute Gasteiger partial charge is 0.151 e. The summed E-state index contributed by atoms with van der Waals surface area (Å²) in [5.74, 6) is 0.585. The van der Waals surface area contributed by atoms with Crippen molar-refractivity contribution in [1.82, 2.24) is 0 Å². The molecule has 0 saturated carbocycles. The van der Waals surface area contributed by atoms with Crippen LogP contribution in [-0.4, -0.2) is 30.1 Å². The zero-order valence-corrected chi connectivity index (χ0v) is 13.9. The van der Waals surface area contributed by atoms with Gasteiger partial charge in [-0.25, -0.2) is 8.42 Å². The minimum Gasteiger partial charge on any atom is -0.229 e. The molecule has 0 aliphatic rings. The highest BCUT2D eigenvalue weighted by atomic mass is 79.9. The third kappa shape index (κ3) is 10.1. The Morgan fingerprint density at radius 2 is 1.62 bits per heavy atom. The molecule has 0 rings (SSSR count). The molecule has 0 spiro atoms. The first-order chi connectivity index (χ1) is 7.52. The topological polar surface area (TPSA) is 34.1 Å². The minimum absolute atomic E-state index is 0.0394. The molecule has 0 N–H and O–H groups in total. The predicted molar refractivity (Wildman–Crippen MR) is 78.5 cm³/mol. The van der Waals surface area contributed by atoms with Crippen LogP contribution in [0.5, 0.6) is 0 Å². The first-order valence-electron chi connectivity index (χ1n) is 5.92. The van der Waals surface area contributed by atoms with E-state index in [4.69, 9.17) is 0 Å². The van der Waals surface area contributed by atoms with E-state index in [1.165, 1.54) is 25.7 Å². The van der Waals surface area contributed by atoms with Crippen molar-refractivity contribution in [2.75, 3.05) is 16.8 Å². The average molecular weight is 378 g/mol. The molecule has 5 heteroatoms. The van der Waals surface area contributed by atoms with Crippen LogP contribution in [0.4, 0.5) is 0 Å². The first-order valence-corrected chi connectivity index (χ1v) is 9.78. The maximum Gasteiger partial charge on any atom is 0.151 e. The van der Waals surface area contributed by atoms with Gasteiger partial charge in [-0.2, -0.15) is 0 Å². The van der Waals surface area contributed by atoms with Gasteiger partial charge in [0, 0.05) is 10.2 Å². The molecular weight excluding hydrogens is 356 g/mol. The maximum absolute atomic E-state index is 11.6. The van der Waals surface area contributed by atoms with Crippen LogP contribution in [-0.2, 0) is 9.84 Å². The quantitative estimate of drug-likeness (QED) is 0.427. The Balaban J connectivity index is 3.59. The van der Waals surface area contributed by atoms with Crippen molar-refractivity contribution in [1.29, 1.82) is 0 Å². The van der Waals surface area contributed by atoms with Crippen LogP contribution in [0.2, 0.25) is 0 Å². The molecule has 0 saturated heterocycles. The van der Waals surface area contributed by atoms with Crippen molar-refractivity contribution < 1.29 is 8.42 Å². The molecule has 0 amide bonds.